The van der Waals surface area contributed by atoms with Crippen LogP contribution in [0.2, 0.25) is 0 Å². The summed E-state index contributed by atoms with van der Waals surface area (Å²) in [6.07, 6.45) is -3.67. The van der Waals surface area contributed by atoms with Crippen molar-refractivity contribution in [2.45, 2.75) is 37.6 Å². The summed E-state index contributed by atoms with van der Waals surface area (Å²) in [5.41, 5.74) is 0. The van der Waals surface area contributed by atoms with Crippen molar-refractivity contribution in [1.29, 1.82) is 0 Å². The predicted molar refractivity (Wildman–Crippen MR) is 57.2 cm³/mol. The average molecular weight is 249 g/mol. The van der Waals surface area contributed by atoms with Crippen LogP contribution in [0.5, 0.6) is 0 Å². The molecule has 1 aliphatic rings. The molecule has 1 saturated heterocycles. The predicted octanol–water partition coefficient (Wildman–Crippen LogP) is -1.77. The highest BCUT2D eigenvalue weighted by atomic mass is 16.6. The fourth-order valence-electron chi connectivity index (χ4n) is 1.91. The summed E-state index contributed by atoms with van der Waals surface area (Å²) < 4.78 is 15.1. The van der Waals surface area contributed by atoms with E-state index in [0.717, 1.165) is 0 Å². The van der Waals surface area contributed by atoms with Crippen LogP contribution < -0.4 is 5.32 Å². The lowest BCUT2D eigenvalue weighted by molar-refractivity contribution is -0.259. The van der Waals surface area contributed by atoms with E-state index in [1.807, 2.05) is 0 Å². The second kappa shape index (κ2) is 6.27. The molecule has 7 nitrogen and oxygen atoms in total. The molecule has 1 aliphatic heterocycles. The average Bonchev–Trinajstić information content (AvgIpc) is 2.25. The van der Waals surface area contributed by atoms with E-state index >= 15 is 0 Å². The quantitative estimate of drug-likeness (QED) is 0.545. The van der Waals surface area contributed by atoms with Gasteiger partial charge in [0.1, 0.15) is 24.4 Å². The lowest BCUT2D eigenvalue weighted by Crippen LogP contribution is -2.64. The third kappa shape index (κ3) is 3.36. The Labute approximate surface area is 99.7 Å². The number of carbonyl (C=O) groups excluding carboxylic acids is 1. The van der Waals surface area contributed by atoms with Gasteiger partial charge in [0.2, 0.25) is 5.91 Å². The van der Waals surface area contributed by atoms with Gasteiger partial charge in [-0.15, -0.1) is 0 Å². The zero-order valence-corrected chi connectivity index (χ0v) is 10.1. The molecule has 1 heterocycles. The van der Waals surface area contributed by atoms with Crippen LogP contribution in [0.25, 0.3) is 0 Å². The maximum absolute atomic E-state index is 11.0. The molecule has 3 N–H and O–H groups in total. The largest absolute Gasteiger partial charge is 0.388 e. The highest BCUT2D eigenvalue weighted by molar-refractivity contribution is 5.73. The summed E-state index contributed by atoms with van der Waals surface area (Å²) in [6.45, 7) is 1.44. The molecule has 17 heavy (non-hydrogen) atoms. The monoisotopic (exact) mass is 249 g/mol. The molecule has 1 amide bonds. The van der Waals surface area contributed by atoms with Crippen molar-refractivity contribution in [2.75, 3.05) is 20.8 Å². The first-order valence-corrected chi connectivity index (χ1v) is 5.31. The third-order valence-corrected chi connectivity index (χ3v) is 2.67. The summed E-state index contributed by atoms with van der Waals surface area (Å²) >= 11 is 0. The summed E-state index contributed by atoms with van der Waals surface area (Å²) in [6, 6.07) is -0.805. The molecule has 100 valence electrons. The first-order valence-electron chi connectivity index (χ1n) is 5.31. The molecule has 7 heteroatoms. The molecule has 0 aromatic carbocycles. The van der Waals surface area contributed by atoms with Crippen LogP contribution in [0.4, 0.5) is 0 Å². The van der Waals surface area contributed by atoms with E-state index in [2.05, 4.69) is 5.32 Å². The number of amides is 1. The number of hydrogen-bond acceptors (Lipinski definition) is 6. The topological polar surface area (TPSA) is 97.2 Å². The smallest absolute Gasteiger partial charge is 0.217 e. The maximum atomic E-state index is 11.0. The zero-order chi connectivity index (χ0) is 13.0. The summed E-state index contributed by atoms with van der Waals surface area (Å²) in [4.78, 5) is 11.0. The molecule has 0 aromatic rings. The lowest BCUT2D eigenvalue weighted by Gasteiger charge is -2.42. The molecule has 1 fully saturated rings. The second-order valence-electron chi connectivity index (χ2n) is 3.94. The van der Waals surface area contributed by atoms with Crippen molar-refractivity contribution < 1.29 is 29.2 Å². The first kappa shape index (κ1) is 14.3. The van der Waals surface area contributed by atoms with E-state index in [1.54, 1.807) is 0 Å². The number of rotatable bonds is 4. The number of methoxy groups -OCH3 is 2. The summed E-state index contributed by atoms with van der Waals surface area (Å²) in [5, 5.41) is 22.2. The molecule has 0 bridgehead atoms. The van der Waals surface area contributed by atoms with Crippen LogP contribution in [0.15, 0.2) is 0 Å². The minimum Gasteiger partial charge on any atom is -0.388 e. The van der Waals surface area contributed by atoms with Crippen LogP contribution in [0.1, 0.15) is 6.92 Å². The Morgan fingerprint density at radius 2 is 2.06 bits per heavy atom. The molecule has 0 spiro atoms. The number of carbonyl (C=O) groups is 1. The second-order valence-corrected chi connectivity index (χ2v) is 3.94. The van der Waals surface area contributed by atoms with Gasteiger partial charge in [-0.05, 0) is 0 Å². The zero-order valence-electron chi connectivity index (χ0n) is 10.1. The SMILES string of the molecule is COC[C@H]1O[C@H](O)[C@H](NC(C)=O)[C@@H](OC)[C@@H]1O. The van der Waals surface area contributed by atoms with E-state index < -0.39 is 30.6 Å². The van der Waals surface area contributed by atoms with Gasteiger partial charge in [-0.2, -0.15) is 0 Å². The lowest BCUT2D eigenvalue weighted by atomic mass is 9.97. The molecule has 0 saturated carbocycles. The number of hydrogen-bond donors (Lipinski definition) is 3. The highest BCUT2D eigenvalue weighted by Crippen LogP contribution is 2.22. The van der Waals surface area contributed by atoms with Crippen molar-refractivity contribution in [1.82, 2.24) is 5.32 Å². The normalized spacial score (nSPS) is 37.8. The van der Waals surface area contributed by atoms with Crippen LogP contribution in [0.3, 0.4) is 0 Å². The fourth-order valence-corrected chi connectivity index (χ4v) is 1.91. The summed E-state index contributed by atoms with van der Waals surface area (Å²) in [7, 11) is 2.86. The Kier molecular flexibility index (Phi) is 5.29. The maximum Gasteiger partial charge on any atom is 0.217 e. The minimum absolute atomic E-state index is 0.130. The van der Waals surface area contributed by atoms with Gasteiger partial charge in [0.05, 0.1) is 6.61 Å². The molecular weight excluding hydrogens is 230 g/mol. The van der Waals surface area contributed by atoms with Crippen molar-refractivity contribution >= 4 is 5.91 Å². The van der Waals surface area contributed by atoms with Crippen molar-refractivity contribution in [3.63, 3.8) is 0 Å². The van der Waals surface area contributed by atoms with E-state index in [4.69, 9.17) is 14.2 Å². The number of aliphatic hydroxyl groups excluding tert-OH is 2. The van der Waals surface area contributed by atoms with Crippen LogP contribution in [-0.2, 0) is 19.0 Å². The van der Waals surface area contributed by atoms with Gasteiger partial charge >= 0.3 is 0 Å². The highest BCUT2D eigenvalue weighted by Gasteiger charge is 2.45. The van der Waals surface area contributed by atoms with Gasteiger partial charge < -0.3 is 29.7 Å². The van der Waals surface area contributed by atoms with E-state index in [1.165, 1.54) is 21.1 Å². The fraction of sp³-hybridized carbons (Fsp3) is 0.900. The Bertz CT molecular complexity index is 261. The summed E-state index contributed by atoms with van der Waals surface area (Å²) in [5.74, 6) is -0.336. The van der Waals surface area contributed by atoms with Crippen molar-refractivity contribution in [3.8, 4) is 0 Å². The Balaban J connectivity index is 2.76. The van der Waals surface area contributed by atoms with Gasteiger partial charge in [-0.25, -0.2) is 0 Å². The van der Waals surface area contributed by atoms with E-state index in [-0.39, 0.29) is 12.5 Å². The molecule has 0 aliphatic carbocycles. The number of ether oxygens (including phenoxy) is 3. The van der Waals surface area contributed by atoms with Gasteiger partial charge in [0.15, 0.2) is 6.29 Å². The molecular formula is C10H19NO6. The van der Waals surface area contributed by atoms with E-state index in [0.29, 0.717) is 0 Å². The van der Waals surface area contributed by atoms with Gasteiger partial charge in [-0.1, -0.05) is 0 Å². The van der Waals surface area contributed by atoms with Gasteiger partial charge in [-0.3, -0.25) is 4.79 Å². The standard InChI is InChI=1S/C10H19NO6/c1-5(12)11-7-9(16-3)8(13)6(4-15-2)17-10(7)14/h6-10,13-14H,4H2,1-3H3,(H,11,12)/t6-,7-,8-,9-,10+/m1/s1. The van der Waals surface area contributed by atoms with Crippen LogP contribution in [-0.4, -0.2) is 67.6 Å². The Hall–Kier alpha value is -0.730. The van der Waals surface area contributed by atoms with Crippen molar-refractivity contribution in [2.24, 2.45) is 0 Å². The number of aliphatic hydroxyl groups is 2. The van der Waals surface area contributed by atoms with Crippen LogP contribution in [0, 0.1) is 0 Å². The first-order chi connectivity index (χ1) is 8.01. The molecule has 0 aromatic heterocycles. The minimum atomic E-state index is -1.24. The molecule has 5 atom stereocenters. The van der Waals surface area contributed by atoms with Gasteiger partial charge in [0, 0.05) is 21.1 Å². The van der Waals surface area contributed by atoms with Gasteiger partial charge in [0.25, 0.3) is 0 Å². The third-order valence-electron chi connectivity index (χ3n) is 2.67. The number of nitrogens with one attached hydrogen (secondary N) is 1. The Morgan fingerprint density at radius 3 is 2.53 bits per heavy atom. The molecule has 0 radical (unpaired) electrons. The van der Waals surface area contributed by atoms with Crippen molar-refractivity contribution in [3.05, 3.63) is 0 Å². The molecule has 1 rings (SSSR count). The van der Waals surface area contributed by atoms with Crippen LogP contribution >= 0.6 is 0 Å². The molecule has 0 unspecified atom stereocenters. The Morgan fingerprint density at radius 1 is 1.41 bits per heavy atom. The van der Waals surface area contributed by atoms with E-state index in [9.17, 15) is 15.0 Å².